The van der Waals surface area contributed by atoms with Crippen LogP contribution in [0.25, 0.3) is 0 Å². The second-order valence-electron chi connectivity index (χ2n) is 3.50. The van der Waals surface area contributed by atoms with E-state index in [1.54, 1.807) is 0 Å². The molecule has 2 rings (SSSR count). The molecule has 1 heterocycles. The fraction of sp³-hybridized carbons (Fsp3) is 0.273. The first-order valence-corrected chi connectivity index (χ1v) is 4.98. The Morgan fingerprint density at radius 1 is 1.50 bits per heavy atom. The molecule has 0 saturated heterocycles. The Bertz CT molecular complexity index is 403. The molecule has 16 heavy (non-hydrogen) atoms. The van der Waals surface area contributed by atoms with Gasteiger partial charge in [-0.15, -0.1) is 0 Å². The van der Waals surface area contributed by atoms with Crippen LogP contribution in [0.4, 0.5) is 4.79 Å². The molecule has 0 spiro atoms. The topological polar surface area (TPSA) is 73.8 Å². The maximum Gasteiger partial charge on any atom is 0.150 e. The average Bonchev–Trinajstić information content (AvgIpc) is 2.76. The Balaban J connectivity index is 1.90. The molecule has 0 bridgehead atoms. The Hall–Kier alpha value is -2.04. The highest BCUT2D eigenvalue weighted by Crippen LogP contribution is 2.15. The van der Waals surface area contributed by atoms with Gasteiger partial charge in [-0.1, -0.05) is 35.5 Å². The summed E-state index contributed by atoms with van der Waals surface area (Å²) in [6, 6.07) is 9.65. The number of hydrogen-bond donors (Lipinski definition) is 1. The minimum atomic E-state index is -1.29. The van der Waals surface area contributed by atoms with Gasteiger partial charge in [0.25, 0.3) is 0 Å². The van der Waals surface area contributed by atoms with Gasteiger partial charge in [-0.05, 0) is 5.56 Å². The second-order valence-corrected chi connectivity index (χ2v) is 3.50. The second kappa shape index (κ2) is 4.65. The third-order valence-corrected chi connectivity index (χ3v) is 2.31. The van der Waals surface area contributed by atoms with E-state index in [2.05, 4.69) is 10.5 Å². The highest BCUT2D eigenvalue weighted by molar-refractivity contribution is 6.01. The summed E-state index contributed by atoms with van der Waals surface area (Å²) >= 11 is 0. The Labute approximate surface area is 92.7 Å². The van der Waals surface area contributed by atoms with E-state index in [9.17, 15) is 9.90 Å². The van der Waals surface area contributed by atoms with Crippen LogP contribution in [0.5, 0.6) is 0 Å². The van der Waals surface area contributed by atoms with Crippen LogP contribution < -0.4 is 10.4 Å². The minimum absolute atomic E-state index is 0.197. The third-order valence-electron chi connectivity index (χ3n) is 2.31. The Kier molecular flexibility index (Phi) is 3.05. The van der Waals surface area contributed by atoms with E-state index in [0.717, 1.165) is 11.3 Å². The first-order chi connectivity index (χ1) is 7.75. The van der Waals surface area contributed by atoms with Crippen molar-refractivity contribution in [3.8, 4) is 0 Å². The molecule has 0 radical (unpaired) electrons. The number of amides is 1. The lowest BCUT2D eigenvalue weighted by Gasteiger charge is -2.10. The Morgan fingerprint density at radius 2 is 2.25 bits per heavy atom. The summed E-state index contributed by atoms with van der Waals surface area (Å²) < 4.78 is 0. The first-order valence-electron chi connectivity index (χ1n) is 4.98. The predicted molar refractivity (Wildman–Crippen MR) is 55.9 cm³/mol. The van der Waals surface area contributed by atoms with Crippen molar-refractivity contribution in [3.63, 3.8) is 0 Å². The van der Waals surface area contributed by atoms with E-state index < -0.39 is 6.09 Å². The molecule has 1 aromatic rings. The molecule has 1 amide bonds. The summed E-state index contributed by atoms with van der Waals surface area (Å²) in [5.41, 5.74) is 1.84. The van der Waals surface area contributed by atoms with E-state index in [-0.39, 0.29) is 12.6 Å². The van der Waals surface area contributed by atoms with Crippen LogP contribution in [-0.4, -0.2) is 24.5 Å². The van der Waals surface area contributed by atoms with E-state index >= 15 is 0 Å². The van der Waals surface area contributed by atoms with E-state index in [0.29, 0.717) is 6.42 Å². The predicted octanol–water partition coefficient (Wildman–Crippen LogP) is 0.112. The number of nitrogens with one attached hydrogen (secondary N) is 1. The van der Waals surface area contributed by atoms with Gasteiger partial charge in [0, 0.05) is 6.42 Å². The third kappa shape index (κ3) is 2.50. The highest BCUT2D eigenvalue weighted by atomic mass is 16.6. The summed E-state index contributed by atoms with van der Waals surface area (Å²) in [6.45, 7) is 0.197. The van der Waals surface area contributed by atoms with Gasteiger partial charge in [-0.2, -0.15) is 0 Å². The van der Waals surface area contributed by atoms with Crippen LogP contribution in [0.3, 0.4) is 0 Å². The van der Waals surface area contributed by atoms with Crippen molar-refractivity contribution in [3.05, 3.63) is 35.9 Å². The molecule has 0 aliphatic carbocycles. The monoisotopic (exact) mass is 219 g/mol. The van der Waals surface area contributed by atoms with E-state index in [4.69, 9.17) is 4.84 Å². The molecule has 0 fully saturated rings. The van der Waals surface area contributed by atoms with Gasteiger partial charge >= 0.3 is 0 Å². The zero-order chi connectivity index (χ0) is 11.4. The molecule has 0 saturated carbocycles. The molecule has 5 nitrogen and oxygen atoms in total. The smallest absolute Gasteiger partial charge is 0.150 e. The van der Waals surface area contributed by atoms with Crippen molar-refractivity contribution in [2.24, 2.45) is 5.16 Å². The normalized spacial score (nSPS) is 18.8. The van der Waals surface area contributed by atoms with Crippen molar-refractivity contribution in [1.29, 1.82) is 0 Å². The first kappa shape index (κ1) is 10.5. The zero-order valence-electron chi connectivity index (χ0n) is 8.55. The molecular formula is C11H11N2O3-. The van der Waals surface area contributed by atoms with E-state index in [1.165, 1.54) is 0 Å². The lowest BCUT2D eigenvalue weighted by atomic mass is 10.1. The molecule has 1 unspecified atom stereocenters. The highest BCUT2D eigenvalue weighted by Gasteiger charge is 2.21. The molecular weight excluding hydrogens is 208 g/mol. The van der Waals surface area contributed by atoms with Crippen molar-refractivity contribution in [2.45, 2.75) is 12.5 Å². The maximum atomic E-state index is 10.2. The lowest BCUT2D eigenvalue weighted by molar-refractivity contribution is -0.251. The van der Waals surface area contributed by atoms with Crippen LogP contribution in [0.2, 0.25) is 0 Å². The summed E-state index contributed by atoms with van der Waals surface area (Å²) in [4.78, 5) is 15.3. The molecule has 1 aliphatic rings. The largest absolute Gasteiger partial charge is 0.530 e. The average molecular weight is 219 g/mol. The van der Waals surface area contributed by atoms with Gasteiger partial charge in [0.15, 0.2) is 0 Å². The van der Waals surface area contributed by atoms with Crippen molar-refractivity contribution < 1.29 is 14.7 Å². The molecule has 1 aromatic carbocycles. The number of benzene rings is 1. The van der Waals surface area contributed by atoms with Gasteiger partial charge in [0.1, 0.15) is 12.2 Å². The van der Waals surface area contributed by atoms with Crippen LogP contribution in [0.15, 0.2) is 35.5 Å². The van der Waals surface area contributed by atoms with Crippen molar-refractivity contribution >= 4 is 11.8 Å². The van der Waals surface area contributed by atoms with Crippen molar-refractivity contribution in [1.82, 2.24) is 5.32 Å². The number of oxime groups is 1. The van der Waals surface area contributed by atoms with Crippen LogP contribution >= 0.6 is 0 Å². The standard InChI is InChI=1S/C11H12N2O3/c14-11(15)12-7-9-6-10(13-16-9)8-4-2-1-3-5-8/h1-5,9,12H,6-7H2,(H,14,15)/p-1. The summed E-state index contributed by atoms with van der Waals surface area (Å²) in [6.07, 6.45) is -0.936. The molecule has 5 heteroatoms. The Morgan fingerprint density at radius 3 is 2.94 bits per heavy atom. The number of carbonyl (C=O) groups excluding carboxylic acids is 1. The number of carbonyl (C=O) groups is 1. The van der Waals surface area contributed by atoms with Gasteiger partial charge in [0.05, 0.1) is 12.3 Å². The van der Waals surface area contributed by atoms with Crippen LogP contribution in [0, 0.1) is 0 Å². The molecule has 1 atom stereocenters. The minimum Gasteiger partial charge on any atom is -0.530 e. The quantitative estimate of drug-likeness (QED) is 0.784. The summed E-state index contributed by atoms with van der Waals surface area (Å²) in [7, 11) is 0. The van der Waals surface area contributed by atoms with Crippen LogP contribution in [-0.2, 0) is 4.84 Å². The summed E-state index contributed by atoms with van der Waals surface area (Å²) in [5, 5.41) is 16.3. The molecule has 84 valence electrons. The molecule has 1 aliphatic heterocycles. The van der Waals surface area contributed by atoms with Crippen LogP contribution in [0.1, 0.15) is 12.0 Å². The molecule has 1 N–H and O–H groups in total. The zero-order valence-corrected chi connectivity index (χ0v) is 8.55. The maximum absolute atomic E-state index is 10.2. The SMILES string of the molecule is O=C([O-])NCC1CC(c2ccccc2)=NO1. The number of carboxylic acid groups (broad SMARTS) is 1. The summed E-state index contributed by atoms with van der Waals surface area (Å²) in [5.74, 6) is 0. The number of rotatable bonds is 3. The fourth-order valence-corrected chi connectivity index (χ4v) is 1.54. The fourth-order valence-electron chi connectivity index (χ4n) is 1.54. The number of hydrogen-bond acceptors (Lipinski definition) is 4. The van der Waals surface area contributed by atoms with E-state index in [1.807, 2.05) is 30.3 Å². The number of nitrogens with zero attached hydrogens (tertiary/aromatic N) is 1. The van der Waals surface area contributed by atoms with Gasteiger partial charge in [-0.3, -0.25) is 0 Å². The van der Waals surface area contributed by atoms with Crippen molar-refractivity contribution in [2.75, 3.05) is 6.54 Å². The van der Waals surface area contributed by atoms with Gasteiger partial charge in [0.2, 0.25) is 0 Å². The van der Waals surface area contributed by atoms with Gasteiger partial charge in [-0.25, -0.2) is 0 Å². The van der Waals surface area contributed by atoms with Gasteiger partial charge < -0.3 is 20.1 Å². The lowest BCUT2D eigenvalue weighted by Crippen LogP contribution is -2.40. The molecule has 0 aromatic heterocycles.